The van der Waals surface area contributed by atoms with E-state index in [1.807, 2.05) is 6.92 Å². The van der Waals surface area contributed by atoms with E-state index in [-0.39, 0.29) is 0 Å². The van der Waals surface area contributed by atoms with Crippen molar-refractivity contribution in [3.63, 3.8) is 0 Å². The number of aryl methyl sites for hydroxylation is 2. The van der Waals surface area contributed by atoms with Gasteiger partial charge in [-0.2, -0.15) is 0 Å². The molecular weight excluding hydrogens is 552 g/mol. The van der Waals surface area contributed by atoms with E-state index < -0.39 is 11.0 Å². The summed E-state index contributed by atoms with van der Waals surface area (Å²) in [7, 11) is 0. The fourth-order valence-corrected chi connectivity index (χ4v) is 8.60. The number of aromatic amines is 1. The minimum Gasteiger partial charge on any atom is -0.390 e. The van der Waals surface area contributed by atoms with Crippen LogP contribution in [0.25, 0.3) is 21.5 Å². The number of rotatable bonds is 8. The molecule has 0 atom stereocenters. The van der Waals surface area contributed by atoms with Crippen molar-refractivity contribution in [1.82, 2.24) is 20.1 Å². The lowest BCUT2D eigenvalue weighted by molar-refractivity contribution is -0.137. The van der Waals surface area contributed by atoms with Gasteiger partial charge in [0.15, 0.2) is 0 Å². The van der Waals surface area contributed by atoms with E-state index in [1.165, 1.54) is 63.8 Å². The van der Waals surface area contributed by atoms with Gasteiger partial charge in [0.1, 0.15) is 4.83 Å². The number of carbonyl (C=O) groups excluding carboxylic acids is 1. The van der Waals surface area contributed by atoms with Crippen molar-refractivity contribution in [2.45, 2.75) is 117 Å². The predicted molar refractivity (Wildman–Crippen MR) is 181 cm³/mol. The van der Waals surface area contributed by atoms with Crippen molar-refractivity contribution in [3.05, 3.63) is 45.8 Å². The van der Waals surface area contributed by atoms with Crippen LogP contribution in [0.2, 0.25) is 0 Å². The topological polar surface area (TPSA) is 71.6 Å². The summed E-state index contributed by atoms with van der Waals surface area (Å²) in [5.74, 6) is 0.308. The highest BCUT2D eigenvalue weighted by Gasteiger charge is 2.47. The Morgan fingerprint density at radius 3 is 2.14 bits per heavy atom. The van der Waals surface area contributed by atoms with Crippen molar-refractivity contribution in [3.8, 4) is 11.3 Å². The second kappa shape index (κ2) is 13.0. The molecular formula is C36H54N4O2S. The Labute approximate surface area is 263 Å². The van der Waals surface area contributed by atoms with Crippen LogP contribution in [0.15, 0.2) is 24.3 Å². The van der Waals surface area contributed by atoms with Gasteiger partial charge in [-0.15, -0.1) is 11.3 Å². The minimum atomic E-state index is -0.530. The molecule has 1 aromatic carbocycles. The number of piperidine rings is 1. The number of benzene rings is 1. The highest BCUT2D eigenvalue weighted by Crippen LogP contribution is 2.44. The first-order chi connectivity index (χ1) is 20.4. The molecule has 2 aromatic heterocycles. The Bertz CT molecular complexity index is 1370. The number of hydrogen-bond acceptors (Lipinski definition) is 5. The molecule has 3 aliphatic heterocycles. The molecule has 0 saturated carbocycles. The number of thiophene rings is 1. The van der Waals surface area contributed by atoms with Gasteiger partial charge >= 0.3 is 0 Å². The van der Waals surface area contributed by atoms with Crippen LogP contribution in [0.1, 0.15) is 94.7 Å². The van der Waals surface area contributed by atoms with Crippen LogP contribution in [0.3, 0.4) is 0 Å². The maximum absolute atomic E-state index is 13.9. The normalized spacial score (nSPS) is 21.8. The molecule has 2 bridgehead atoms. The van der Waals surface area contributed by atoms with Crippen molar-refractivity contribution in [2.75, 3.05) is 32.7 Å². The molecule has 3 N–H and O–H groups in total. The second-order valence-electron chi connectivity index (χ2n) is 14.1. The molecule has 3 aromatic rings. The van der Waals surface area contributed by atoms with E-state index in [0.29, 0.717) is 18.0 Å². The number of H-pyrrole nitrogens is 1. The van der Waals surface area contributed by atoms with E-state index >= 15 is 0 Å². The lowest BCUT2D eigenvalue weighted by Crippen LogP contribution is -2.45. The van der Waals surface area contributed by atoms with Gasteiger partial charge < -0.3 is 25.2 Å². The van der Waals surface area contributed by atoms with Crippen LogP contribution < -0.4 is 5.32 Å². The first-order valence-corrected chi connectivity index (χ1v) is 17.5. The molecule has 3 fully saturated rings. The molecule has 5 heterocycles. The van der Waals surface area contributed by atoms with Crippen LogP contribution in [0.5, 0.6) is 0 Å². The van der Waals surface area contributed by atoms with Gasteiger partial charge in [0.2, 0.25) is 5.91 Å². The number of aliphatic hydroxyl groups is 1. The molecule has 43 heavy (non-hydrogen) atoms. The Morgan fingerprint density at radius 2 is 1.60 bits per heavy atom. The number of hydrogen-bond donors (Lipinski definition) is 3. The van der Waals surface area contributed by atoms with Crippen LogP contribution in [-0.4, -0.2) is 76.2 Å². The predicted octanol–water partition coefficient (Wildman–Crippen LogP) is 6.95. The van der Waals surface area contributed by atoms with Crippen molar-refractivity contribution >= 4 is 27.5 Å². The van der Waals surface area contributed by atoms with Crippen molar-refractivity contribution < 1.29 is 9.90 Å². The summed E-state index contributed by atoms with van der Waals surface area (Å²) in [6.07, 6.45) is 7.30. The maximum atomic E-state index is 13.9. The zero-order chi connectivity index (χ0) is 30.9. The van der Waals surface area contributed by atoms with E-state index in [9.17, 15) is 9.90 Å². The Hall–Kier alpha value is -2.19. The average molecular weight is 607 g/mol. The Morgan fingerprint density at radius 1 is 1.02 bits per heavy atom. The lowest BCUT2D eigenvalue weighted by atomic mass is 9.88. The molecule has 7 heteroatoms. The van der Waals surface area contributed by atoms with Gasteiger partial charge in [0, 0.05) is 42.0 Å². The molecule has 0 spiro atoms. The van der Waals surface area contributed by atoms with Crippen molar-refractivity contribution in [2.24, 2.45) is 0 Å². The smallest absolute Gasteiger partial charge is 0.233 e. The molecule has 0 radical (unpaired) electrons. The molecule has 6 nitrogen and oxygen atoms in total. The number of likely N-dealkylation sites (tertiary alicyclic amines) is 1. The quantitative estimate of drug-likeness (QED) is 0.260. The average Bonchev–Trinajstić information content (AvgIpc) is 3.73. The van der Waals surface area contributed by atoms with Gasteiger partial charge in [-0.25, -0.2) is 0 Å². The zero-order valence-electron chi connectivity index (χ0n) is 27.6. The number of carbonyl (C=O) groups is 1. The van der Waals surface area contributed by atoms with Gasteiger partial charge in [0.05, 0.1) is 16.7 Å². The first kappa shape index (κ1) is 32.2. The first-order valence-electron chi connectivity index (χ1n) is 16.6. The minimum absolute atomic E-state index is 0.308. The third-order valence-corrected chi connectivity index (χ3v) is 11.4. The molecule has 236 valence electrons. The van der Waals surface area contributed by atoms with Gasteiger partial charge in [0.25, 0.3) is 0 Å². The number of amides is 1. The maximum Gasteiger partial charge on any atom is 0.233 e. The summed E-state index contributed by atoms with van der Waals surface area (Å²) >= 11 is 1.76. The Balaban J connectivity index is 0.000000682. The summed E-state index contributed by atoms with van der Waals surface area (Å²) < 4.78 is 0. The highest BCUT2D eigenvalue weighted by atomic mass is 32.1. The summed E-state index contributed by atoms with van der Waals surface area (Å²) in [6, 6.07) is 10.0. The van der Waals surface area contributed by atoms with Gasteiger partial charge in [-0.1, -0.05) is 31.0 Å². The molecule has 3 saturated heterocycles. The number of aromatic nitrogens is 1. The monoisotopic (exact) mass is 606 g/mol. The van der Waals surface area contributed by atoms with E-state index in [2.05, 4.69) is 85.9 Å². The van der Waals surface area contributed by atoms with Crippen molar-refractivity contribution in [1.29, 1.82) is 0 Å². The SMILES string of the molecule is CCNCC.Cc1cc(C)cc(-c2[nH]c3sc(C(C)(C)C(=O)N4C5CCC4CC5)cc3c2CCN2CCC(C)(O)CC2)c1. The number of fused-ring (bicyclic) bond motifs is 3. The van der Waals surface area contributed by atoms with Crippen LogP contribution in [0, 0.1) is 13.8 Å². The zero-order valence-corrected chi connectivity index (χ0v) is 28.4. The summed E-state index contributed by atoms with van der Waals surface area (Å²) in [5.41, 5.74) is 5.31. The third kappa shape index (κ3) is 6.90. The summed E-state index contributed by atoms with van der Waals surface area (Å²) in [6.45, 7) is 19.8. The standard InChI is InChI=1S/C32H43N3O2S.C4H11N/c1-20-16-21(2)18-22(17-20)28-25(10-13-34-14-11-32(5,37)12-15-34)26-19-27(38-29(26)33-28)31(3,4)30(36)35-23-6-7-24(35)9-8-23;1-3-5-4-2/h16-19,23-24,33,37H,6-15H2,1-5H3;5H,3-4H2,1-2H3. The lowest BCUT2D eigenvalue weighted by Gasteiger charge is -2.35. The van der Waals surface area contributed by atoms with Gasteiger partial charge in [-0.3, -0.25) is 4.79 Å². The molecule has 1 amide bonds. The molecule has 0 unspecified atom stereocenters. The number of nitrogens with one attached hydrogen (secondary N) is 2. The fraction of sp³-hybridized carbons (Fsp3) is 0.639. The number of nitrogens with zero attached hydrogens (tertiary/aromatic N) is 2. The van der Waals surface area contributed by atoms with Crippen LogP contribution in [-0.2, 0) is 16.6 Å². The van der Waals surface area contributed by atoms with Gasteiger partial charge in [-0.05, 0) is 122 Å². The highest BCUT2D eigenvalue weighted by molar-refractivity contribution is 7.19. The van der Waals surface area contributed by atoms with Crippen LogP contribution >= 0.6 is 11.3 Å². The molecule has 6 rings (SSSR count). The van der Waals surface area contributed by atoms with E-state index in [1.54, 1.807) is 11.3 Å². The summed E-state index contributed by atoms with van der Waals surface area (Å²) in [4.78, 5) is 24.7. The third-order valence-electron chi connectivity index (χ3n) is 10.1. The fourth-order valence-electron chi connectivity index (χ4n) is 7.42. The Kier molecular flexibility index (Phi) is 9.77. The largest absolute Gasteiger partial charge is 0.390 e. The molecule has 3 aliphatic rings. The van der Waals surface area contributed by atoms with E-state index in [4.69, 9.17) is 0 Å². The second-order valence-corrected chi connectivity index (χ2v) is 15.1. The van der Waals surface area contributed by atoms with Crippen LogP contribution in [0.4, 0.5) is 0 Å². The molecule has 0 aliphatic carbocycles. The summed E-state index contributed by atoms with van der Waals surface area (Å²) in [5, 5.41) is 14.8. The van der Waals surface area contributed by atoms with E-state index in [0.717, 1.165) is 56.9 Å².